The number of nitrogens with zero attached hydrogens (tertiary/aromatic N) is 1. The van der Waals surface area contributed by atoms with E-state index in [2.05, 4.69) is 0 Å². The number of methoxy groups -OCH3 is 2. The maximum Gasteiger partial charge on any atom is 0.300 e. The number of benzene rings is 2. The van der Waals surface area contributed by atoms with Gasteiger partial charge in [0.05, 0.1) is 26.1 Å². The van der Waals surface area contributed by atoms with Crippen LogP contribution in [-0.2, 0) is 9.59 Å². The van der Waals surface area contributed by atoms with Crippen molar-refractivity contribution < 1.29 is 28.6 Å². The van der Waals surface area contributed by atoms with E-state index in [1.165, 1.54) is 31.4 Å². The Kier molecular flexibility index (Phi) is 5.67. The van der Waals surface area contributed by atoms with Gasteiger partial charge in [-0.1, -0.05) is 17.7 Å². The van der Waals surface area contributed by atoms with Crippen LogP contribution in [0.4, 0.5) is 5.69 Å². The number of rotatable bonds is 5. The Morgan fingerprint density at radius 2 is 1.81 bits per heavy atom. The second-order valence-corrected chi connectivity index (χ2v) is 7.62. The molecule has 32 heavy (non-hydrogen) atoms. The molecule has 164 valence electrons. The molecule has 1 aliphatic rings. The van der Waals surface area contributed by atoms with Crippen LogP contribution in [-0.4, -0.2) is 31.0 Å². The number of hydrogen-bond acceptors (Lipinski definition) is 6. The molecule has 1 atom stereocenters. The van der Waals surface area contributed by atoms with Crippen LogP contribution in [0.2, 0.25) is 5.02 Å². The summed E-state index contributed by atoms with van der Waals surface area (Å²) >= 11 is 6.18. The van der Waals surface area contributed by atoms with E-state index in [0.717, 1.165) is 5.56 Å². The van der Waals surface area contributed by atoms with E-state index < -0.39 is 17.7 Å². The van der Waals surface area contributed by atoms with E-state index in [1.807, 2.05) is 0 Å². The van der Waals surface area contributed by atoms with Crippen molar-refractivity contribution in [3.05, 3.63) is 82.3 Å². The van der Waals surface area contributed by atoms with E-state index >= 15 is 0 Å². The number of aryl methyl sites for hydroxylation is 1. The second-order valence-electron chi connectivity index (χ2n) is 7.19. The SMILES string of the molecule is COc1ccc(/C(O)=C2/C(=O)C(=O)N(c3cc(Cl)ccc3C)C2c2ccco2)cc1OC. The topological polar surface area (TPSA) is 89.2 Å². The van der Waals surface area contributed by atoms with Gasteiger partial charge in [0.25, 0.3) is 11.7 Å². The first-order valence-electron chi connectivity index (χ1n) is 9.70. The highest BCUT2D eigenvalue weighted by Gasteiger charge is 2.48. The van der Waals surface area contributed by atoms with Gasteiger partial charge in [-0.2, -0.15) is 0 Å². The molecule has 7 nitrogen and oxygen atoms in total. The standard InChI is InChI=1S/C24H20ClNO6/c1-13-6-8-15(25)12-16(13)26-21(18-5-4-10-32-18)20(23(28)24(26)29)22(27)14-7-9-17(30-2)19(11-14)31-3/h4-12,21,27H,1-3H3/b22-20-. The molecule has 1 aromatic heterocycles. The molecule has 3 aromatic rings. The van der Waals surface area contributed by atoms with Crippen LogP contribution in [0.1, 0.15) is 22.9 Å². The number of furan rings is 1. The first-order chi connectivity index (χ1) is 15.4. The van der Waals surface area contributed by atoms with Crippen molar-refractivity contribution in [3.8, 4) is 11.5 Å². The van der Waals surface area contributed by atoms with Crippen LogP contribution < -0.4 is 14.4 Å². The number of anilines is 1. The molecule has 2 heterocycles. The van der Waals surface area contributed by atoms with Crippen molar-refractivity contribution in [2.45, 2.75) is 13.0 Å². The molecule has 1 N–H and O–H groups in total. The van der Waals surface area contributed by atoms with Gasteiger partial charge in [-0.05, 0) is 55.0 Å². The lowest BCUT2D eigenvalue weighted by atomic mass is 9.98. The molecule has 0 bridgehead atoms. The zero-order valence-corrected chi connectivity index (χ0v) is 18.3. The third-order valence-electron chi connectivity index (χ3n) is 5.34. The van der Waals surface area contributed by atoms with E-state index in [4.69, 9.17) is 25.5 Å². The van der Waals surface area contributed by atoms with Gasteiger partial charge in [0, 0.05) is 16.3 Å². The van der Waals surface area contributed by atoms with Crippen LogP contribution in [0, 0.1) is 6.92 Å². The minimum atomic E-state index is -0.977. The van der Waals surface area contributed by atoms with Crippen LogP contribution >= 0.6 is 11.6 Å². The molecular formula is C24H20ClNO6. The molecule has 1 saturated heterocycles. The molecule has 0 saturated carbocycles. The third-order valence-corrected chi connectivity index (χ3v) is 5.58. The number of Topliss-reactive ketones (excluding diaryl/α,β-unsaturated/α-hetero) is 1. The minimum Gasteiger partial charge on any atom is -0.507 e. The molecule has 1 amide bonds. The Bertz CT molecular complexity index is 1230. The van der Waals surface area contributed by atoms with Crippen LogP contribution in [0.3, 0.4) is 0 Å². The summed E-state index contributed by atoms with van der Waals surface area (Å²) in [6.07, 6.45) is 1.44. The van der Waals surface area contributed by atoms with Crippen molar-refractivity contribution in [3.63, 3.8) is 0 Å². The highest BCUT2D eigenvalue weighted by atomic mass is 35.5. The van der Waals surface area contributed by atoms with Crippen molar-refractivity contribution in [1.82, 2.24) is 0 Å². The molecule has 2 aromatic carbocycles. The largest absolute Gasteiger partial charge is 0.507 e. The second kappa shape index (κ2) is 8.43. The minimum absolute atomic E-state index is 0.100. The monoisotopic (exact) mass is 453 g/mol. The summed E-state index contributed by atoms with van der Waals surface area (Å²) in [6.45, 7) is 1.80. The van der Waals surface area contributed by atoms with Crippen molar-refractivity contribution in [2.24, 2.45) is 0 Å². The average molecular weight is 454 g/mol. The molecule has 1 aliphatic heterocycles. The average Bonchev–Trinajstić information content (AvgIpc) is 3.41. The fraction of sp³-hybridized carbons (Fsp3) is 0.167. The summed E-state index contributed by atoms with van der Waals surface area (Å²) in [7, 11) is 2.96. The number of aliphatic hydroxyl groups excluding tert-OH is 1. The molecule has 1 fully saturated rings. The number of amides is 1. The Morgan fingerprint density at radius 1 is 1.06 bits per heavy atom. The summed E-state index contributed by atoms with van der Waals surface area (Å²) in [5, 5.41) is 11.6. The number of hydrogen-bond donors (Lipinski definition) is 1. The van der Waals surface area contributed by atoms with Crippen molar-refractivity contribution >= 4 is 34.7 Å². The number of ether oxygens (including phenoxy) is 2. The van der Waals surface area contributed by atoms with Gasteiger partial charge in [0.15, 0.2) is 11.5 Å². The van der Waals surface area contributed by atoms with E-state index in [-0.39, 0.29) is 11.3 Å². The van der Waals surface area contributed by atoms with Crippen molar-refractivity contribution in [2.75, 3.05) is 19.1 Å². The summed E-state index contributed by atoms with van der Waals surface area (Å²) in [6, 6.07) is 12.1. The van der Waals surface area contributed by atoms with Gasteiger partial charge < -0.3 is 19.0 Å². The number of halogens is 1. The highest BCUT2D eigenvalue weighted by Crippen LogP contribution is 2.44. The van der Waals surface area contributed by atoms with Gasteiger partial charge in [0.1, 0.15) is 17.6 Å². The Labute approximate surface area is 189 Å². The summed E-state index contributed by atoms with van der Waals surface area (Å²) in [4.78, 5) is 27.6. The first-order valence-corrected chi connectivity index (χ1v) is 10.1. The number of ketones is 1. The normalized spacial score (nSPS) is 17.6. The number of carbonyl (C=O) groups excluding carboxylic acids is 2. The smallest absolute Gasteiger partial charge is 0.300 e. The predicted molar refractivity (Wildman–Crippen MR) is 119 cm³/mol. The third kappa shape index (κ3) is 3.50. The molecular weight excluding hydrogens is 434 g/mol. The van der Waals surface area contributed by atoms with Crippen LogP contribution in [0.5, 0.6) is 11.5 Å². The summed E-state index contributed by atoms with van der Waals surface area (Å²) in [5.41, 5.74) is 1.38. The zero-order valence-electron chi connectivity index (χ0n) is 17.6. The lowest BCUT2D eigenvalue weighted by Crippen LogP contribution is -2.30. The Hall–Kier alpha value is -3.71. The maximum absolute atomic E-state index is 13.1. The van der Waals surface area contributed by atoms with Gasteiger partial charge in [-0.15, -0.1) is 0 Å². The quantitative estimate of drug-likeness (QED) is 0.336. The van der Waals surface area contributed by atoms with Gasteiger partial charge in [0.2, 0.25) is 0 Å². The summed E-state index contributed by atoms with van der Waals surface area (Å²) < 4.78 is 16.1. The number of aliphatic hydroxyl groups is 1. The van der Waals surface area contributed by atoms with Crippen LogP contribution in [0.25, 0.3) is 5.76 Å². The molecule has 0 aliphatic carbocycles. The van der Waals surface area contributed by atoms with E-state index in [1.54, 1.807) is 49.4 Å². The predicted octanol–water partition coefficient (Wildman–Crippen LogP) is 4.88. The molecule has 4 rings (SSSR count). The Balaban J connectivity index is 1.94. The Morgan fingerprint density at radius 3 is 2.47 bits per heavy atom. The zero-order chi connectivity index (χ0) is 23.0. The maximum atomic E-state index is 13.1. The molecule has 1 unspecified atom stereocenters. The fourth-order valence-corrected chi connectivity index (χ4v) is 3.94. The molecule has 8 heteroatoms. The fourth-order valence-electron chi connectivity index (χ4n) is 3.78. The van der Waals surface area contributed by atoms with E-state index in [9.17, 15) is 14.7 Å². The first kappa shape index (κ1) is 21.5. The summed E-state index contributed by atoms with van der Waals surface area (Å²) in [5.74, 6) is -0.831. The van der Waals surface area contributed by atoms with Gasteiger partial charge in [-0.25, -0.2) is 0 Å². The van der Waals surface area contributed by atoms with E-state index in [0.29, 0.717) is 33.5 Å². The lowest BCUT2D eigenvalue weighted by Gasteiger charge is -2.25. The van der Waals surface area contributed by atoms with Gasteiger partial charge >= 0.3 is 0 Å². The molecule has 0 spiro atoms. The van der Waals surface area contributed by atoms with Gasteiger partial charge in [-0.3, -0.25) is 14.5 Å². The lowest BCUT2D eigenvalue weighted by molar-refractivity contribution is -0.132. The highest BCUT2D eigenvalue weighted by molar-refractivity contribution is 6.51. The number of carbonyl (C=O) groups is 2. The van der Waals surface area contributed by atoms with Crippen molar-refractivity contribution in [1.29, 1.82) is 0 Å². The molecule has 0 radical (unpaired) electrons. The van der Waals surface area contributed by atoms with Crippen LogP contribution in [0.15, 0.2) is 64.8 Å².